The average Bonchev–Trinajstić information content (AvgIpc) is 2.86. The van der Waals surface area contributed by atoms with Crippen molar-refractivity contribution in [3.8, 4) is 0 Å². The fourth-order valence-corrected chi connectivity index (χ4v) is 8.10. The summed E-state index contributed by atoms with van der Waals surface area (Å²) in [6, 6.07) is 28.4. The summed E-state index contributed by atoms with van der Waals surface area (Å²) in [5.41, 5.74) is 3.68. The Labute approximate surface area is 218 Å². The van der Waals surface area contributed by atoms with Crippen LogP contribution in [0.1, 0.15) is 49.7 Å². The summed E-state index contributed by atoms with van der Waals surface area (Å²) < 4.78 is 0.367. The Morgan fingerprint density at radius 1 is 0.765 bits per heavy atom. The summed E-state index contributed by atoms with van der Waals surface area (Å²) in [5.74, 6) is 2.04. The van der Waals surface area contributed by atoms with E-state index in [0.717, 1.165) is 18.0 Å². The summed E-state index contributed by atoms with van der Waals surface area (Å²) in [5, 5.41) is 1.26. The third kappa shape index (κ3) is 8.55. The lowest BCUT2D eigenvalue weighted by molar-refractivity contribution is 0.391. The van der Waals surface area contributed by atoms with Gasteiger partial charge < -0.3 is 0 Å². The van der Waals surface area contributed by atoms with Gasteiger partial charge in [-0.15, -0.1) is 35.3 Å². The Morgan fingerprint density at radius 2 is 1.32 bits per heavy atom. The van der Waals surface area contributed by atoms with Crippen molar-refractivity contribution in [3.63, 3.8) is 0 Å². The molecule has 1 nitrogen and oxygen atoms in total. The molecule has 0 aromatic heterocycles. The number of para-hydroxylation sites is 1. The van der Waals surface area contributed by atoms with Gasteiger partial charge in [0.15, 0.2) is 0 Å². The van der Waals surface area contributed by atoms with E-state index in [0.29, 0.717) is 4.58 Å². The lowest BCUT2D eigenvalue weighted by Crippen LogP contribution is -2.12. The highest BCUT2D eigenvalue weighted by atomic mass is 32.2. The maximum absolute atomic E-state index is 5.15. The van der Waals surface area contributed by atoms with Crippen LogP contribution in [0.15, 0.2) is 93.6 Å². The zero-order valence-corrected chi connectivity index (χ0v) is 22.7. The molecular weight excluding hydrogens is 471 g/mol. The molecule has 4 heteroatoms. The number of aliphatic imine (C=N–C) groups is 1. The van der Waals surface area contributed by atoms with Crippen LogP contribution in [-0.4, -0.2) is 15.4 Å². The first-order valence-electron chi connectivity index (χ1n) is 12.4. The van der Waals surface area contributed by atoms with E-state index < -0.39 is 0 Å². The maximum Gasteiger partial charge on any atom is 0.0758 e. The molecule has 0 amide bonds. The number of aryl methyl sites for hydroxylation is 2. The second-order valence-electron chi connectivity index (χ2n) is 9.15. The molecule has 0 radical (unpaired) electrons. The van der Waals surface area contributed by atoms with Gasteiger partial charge in [-0.25, -0.2) is 4.99 Å². The standard InChI is InChI=1S/C30H35NS3/c1-23-13-17-27(18-14-23)33-30(34-28-19-15-24(2)16-20-28)21-29(31-26-11-7-4-8-12-26)32-22-25-9-5-3-6-10-25/h4,7-8,11-20,25,30H,3,5-6,9-10,21-22H2,1-2H3. The average molecular weight is 506 g/mol. The number of hydrogen-bond acceptors (Lipinski definition) is 4. The topological polar surface area (TPSA) is 12.4 Å². The fourth-order valence-electron chi connectivity index (χ4n) is 4.14. The predicted octanol–water partition coefficient (Wildman–Crippen LogP) is 9.95. The van der Waals surface area contributed by atoms with E-state index in [-0.39, 0.29) is 0 Å². The Morgan fingerprint density at radius 3 is 1.88 bits per heavy atom. The van der Waals surface area contributed by atoms with Crippen LogP contribution in [0, 0.1) is 19.8 Å². The highest BCUT2D eigenvalue weighted by molar-refractivity contribution is 8.17. The molecule has 0 bridgehead atoms. The monoisotopic (exact) mass is 505 g/mol. The summed E-state index contributed by atoms with van der Waals surface area (Å²) in [7, 11) is 0. The minimum absolute atomic E-state index is 0.367. The lowest BCUT2D eigenvalue weighted by atomic mass is 9.91. The predicted molar refractivity (Wildman–Crippen MR) is 155 cm³/mol. The van der Waals surface area contributed by atoms with Crippen LogP contribution in [0.3, 0.4) is 0 Å². The SMILES string of the molecule is Cc1ccc(SC(CC(=Nc2ccccc2)SCC2CCCCC2)Sc2ccc(C)cc2)cc1. The van der Waals surface area contributed by atoms with Gasteiger partial charge in [-0.2, -0.15) is 0 Å². The maximum atomic E-state index is 5.15. The highest BCUT2D eigenvalue weighted by Crippen LogP contribution is 2.40. The molecule has 0 saturated heterocycles. The fraction of sp³-hybridized carbons (Fsp3) is 0.367. The van der Waals surface area contributed by atoms with Gasteiger partial charge in [-0.3, -0.25) is 0 Å². The molecule has 3 aromatic rings. The second-order valence-corrected chi connectivity index (χ2v) is 13.1. The molecule has 0 aliphatic heterocycles. The van der Waals surface area contributed by atoms with Gasteiger partial charge in [0.05, 0.1) is 15.3 Å². The van der Waals surface area contributed by atoms with Crippen LogP contribution in [0.25, 0.3) is 0 Å². The molecule has 1 saturated carbocycles. The van der Waals surface area contributed by atoms with E-state index in [9.17, 15) is 0 Å². The van der Waals surface area contributed by atoms with Crippen LogP contribution in [0.4, 0.5) is 5.69 Å². The van der Waals surface area contributed by atoms with Crippen molar-refractivity contribution in [1.29, 1.82) is 0 Å². The Balaban J connectivity index is 1.54. The van der Waals surface area contributed by atoms with Gasteiger partial charge in [0.2, 0.25) is 0 Å². The normalized spacial score (nSPS) is 15.1. The summed E-state index contributed by atoms with van der Waals surface area (Å²) in [4.78, 5) is 7.80. The quantitative estimate of drug-likeness (QED) is 0.124. The van der Waals surface area contributed by atoms with Crippen molar-refractivity contribution >= 4 is 46.0 Å². The van der Waals surface area contributed by atoms with Crippen molar-refractivity contribution in [3.05, 3.63) is 90.0 Å². The van der Waals surface area contributed by atoms with E-state index in [2.05, 4.69) is 92.7 Å². The van der Waals surface area contributed by atoms with Crippen LogP contribution in [0.5, 0.6) is 0 Å². The number of rotatable bonds is 9. The second kappa shape index (κ2) is 13.5. The van der Waals surface area contributed by atoms with Crippen molar-refractivity contribution in [2.45, 2.75) is 66.7 Å². The van der Waals surface area contributed by atoms with Crippen LogP contribution < -0.4 is 0 Å². The largest absolute Gasteiger partial charge is 0.247 e. The first-order valence-corrected chi connectivity index (χ1v) is 15.1. The molecule has 0 unspecified atom stereocenters. The zero-order valence-electron chi connectivity index (χ0n) is 20.3. The minimum Gasteiger partial charge on any atom is -0.247 e. The van der Waals surface area contributed by atoms with Crippen LogP contribution >= 0.6 is 35.3 Å². The molecule has 1 fully saturated rings. The van der Waals surface area contributed by atoms with Crippen molar-refractivity contribution in [2.24, 2.45) is 10.9 Å². The molecule has 1 aliphatic carbocycles. The van der Waals surface area contributed by atoms with Gasteiger partial charge in [0.25, 0.3) is 0 Å². The van der Waals surface area contributed by atoms with Crippen molar-refractivity contribution < 1.29 is 0 Å². The number of thioether (sulfide) groups is 3. The summed E-state index contributed by atoms with van der Waals surface area (Å²) in [6.07, 6.45) is 7.92. The van der Waals surface area contributed by atoms with Crippen LogP contribution in [0.2, 0.25) is 0 Å². The first-order chi connectivity index (χ1) is 16.6. The van der Waals surface area contributed by atoms with Crippen molar-refractivity contribution in [1.82, 2.24) is 0 Å². The number of benzene rings is 3. The van der Waals surface area contributed by atoms with Crippen LogP contribution in [-0.2, 0) is 0 Å². The molecule has 1 aliphatic rings. The molecule has 0 spiro atoms. The van der Waals surface area contributed by atoms with Gasteiger partial charge >= 0.3 is 0 Å². The Kier molecular flexibility index (Phi) is 10.1. The highest BCUT2D eigenvalue weighted by Gasteiger charge is 2.19. The van der Waals surface area contributed by atoms with Gasteiger partial charge in [-0.1, -0.05) is 72.9 Å². The third-order valence-electron chi connectivity index (χ3n) is 6.14. The molecular formula is C30H35NS3. The molecule has 178 valence electrons. The van der Waals surface area contributed by atoms with E-state index in [1.165, 1.54) is 63.8 Å². The minimum atomic E-state index is 0.367. The lowest BCUT2D eigenvalue weighted by Gasteiger charge is -2.22. The molecule has 34 heavy (non-hydrogen) atoms. The molecule has 0 heterocycles. The van der Waals surface area contributed by atoms with Gasteiger partial charge in [0, 0.05) is 22.0 Å². The van der Waals surface area contributed by atoms with E-state index in [4.69, 9.17) is 4.99 Å². The number of nitrogens with zero attached hydrogens (tertiary/aromatic N) is 1. The van der Waals surface area contributed by atoms with Crippen molar-refractivity contribution in [2.75, 3.05) is 5.75 Å². The smallest absolute Gasteiger partial charge is 0.0758 e. The molecule has 0 N–H and O–H groups in total. The van der Waals surface area contributed by atoms with Gasteiger partial charge in [-0.05, 0) is 69.0 Å². The Bertz CT molecular complexity index is 975. The third-order valence-corrected chi connectivity index (χ3v) is 9.89. The van der Waals surface area contributed by atoms with E-state index in [1.54, 1.807) is 0 Å². The molecule has 3 aromatic carbocycles. The summed E-state index contributed by atoms with van der Waals surface area (Å²) >= 11 is 5.93. The first kappa shape index (κ1) is 25.5. The van der Waals surface area contributed by atoms with Gasteiger partial charge in [0.1, 0.15) is 0 Å². The summed E-state index contributed by atoms with van der Waals surface area (Å²) in [6.45, 7) is 4.30. The molecule has 4 rings (SSSR count). The molecule has 0 atom stereocenters. The Hall–Kier alpha value is -1.62. The number of hydrogen-bond donors (Lipinski definition) is 0. The zero-order chi connectivity index (χ0) is 23.6. The van der Waals surface area contributed by atoms with E-state index in [1.807, 2.05) is 35.3 Å². The van der Waals surface area contributed by atoms with E-state index >= 15 is 0 Å².